The van der Waals surface area contributed by atoms with E-state index in [1.165, 1.54) is 0 Å². The number of nitrogens with two attached hydrogens (primary N) is 1. The summed E-state index contributed by atoms with van der Waals surface area (Å²) in [6, 6.07) is 1.97. The van der Waals surface area contributed by atoms with Gasteiger partial charge < -0.3 is 20.1 Å². The number of hydrogen-bond acceptors (Lipinski definition) is 6. The Morgan fingerprint density at radius 1 is 1.40 bits per heavy atom. The van der Waals surface area contributed by atoms with E-state index in [1.807, 2.05) is 17.9 Å². The average Bonchev–Trinajstić information content (AvgIpc) is 3.37. The fourth-order valence-electron chi connectivity index (χ4n) is 3.51. The van der Waals surface area contributed by atoms with Gasteiger partial charge in [0.05, 0.1) is 22.7 Å². The number of amides is 1. The quantitative estimate of drug-likeness (QED) is 0.887. The molecule has 2 fully saturated rings. The summed E-state index contributed by atoms with van der Waals surface area (Å²) in [7, 11) is 2.06. The summed E-state index contributed by atoms with van der Waals surface area (Å²) in [4.78, 5) is 22.0. The fraction of sp³-hybridized carbons (Fsp3) is 0.588. The number of likely N-dealkylation sites (N-methyl/N-ethyl adjacent to an activating group) is 1. The van der Waals surface area contributed by atoms with Gasteiger partial charge in [-0.05, 0) is 32.9 Å². The molecule has 0 aromatic carbocycles. The normalized spacial score (nSPS) is 21.4. The Labute approximate surface area is 152 Å². The molecule has 1 saturated carbocycles. The highest BCUT2D eigenvalue weighted by Crippen LogP contribution is 2.40. The molecule has 1 aliphatic heterocycles. The van der Waals surface area contributed by atoms with Crippen LogP contribution in [-0.2, 0) is 0 Å². The summed E-state index contributed by atoms with van der Waals surface area (Å²) < 4.78 is 5.35. The lowest BCUT2D eigenvalue weighted by molar-refractivity contribution is 0.0517. The monoisotopic (exact) mass is 365 g/mol. The van der Waals surface area contributed by atoms with Crippen LogP contribution < -0.4 is 5.73 Å². The Kier molecular flexibility index (Phi) is 4.99. The molecule has 2 aromatic rings. The summed E-state index contributed by atoms with van der Waals surface area (Å²) >= 11 is 0. The second-order valence-corrected chi connectivity index (χ2v) is 6.97. The number of carbonyl (C=O) groups is 1. The van der Waals surface area contributed by atoms with Crippen LogP contribution in [0.1, 0.15) is 40.5 Å². The van der Waals surface area contributed by atoms with Crippen molar-refractivity contribution in [2.45, 2.75) is 31.7 Å². The molecule has 0 radical (unpaired) electrons. The van der Waals surface area contributed by atoms with E-state index in [1.54, 1.807) is 0 Å². The molecule has 1 aliphatic carbocycles. The molecular weight excluding hydrogens is 342 g/mol. The Morgan fingerprint density at radius 2 is 2.16 bits per heavy atom. The van der Waals surface area contributed by atoms with Gasteiger partial charge in [-0.2, -0.15) is 0 Å². The van der Waals surface area contributed by atoms with Crippen molar-refractivity contribution in [3.63, 3.8) is 0 Å². The lowest BCUT2D eigenvalue weighted by Crippen LogP contribution is -2.56. The number of nitrogens with zero attached hydrogens (tertiary/aromatic N) is 4. The van der Waals surface area contributed by atoms with E-state index >= 15 is 0 Å². The van der Waals surface area contributed by atoms with Crippen LogP contribution in [0.4, 0.5) is 0 Å². The van der Waals surface area contributed by atoms with Crippen LogP contribution in [0.5, 0.6) is 0 Å². The molecular formula is C17H24ClN5O2. The van der Waals surface area contributed by atoms with E-state index < -0.39 is 0 Å². The molecule has 1 atom stereocenters. The van der Waals surface area contributed by atoms with Crippen molar-refractivity contribution >= 4 is 29.4 Å². The molecule has 2 aliphatic rings. The molecule has 1 unspecified atom stereocenters. The molecule has 1 amide bonds. The highest BCUT2D eigenvalue weighted by Gasteiger charge is 2.33. The van der Waals surface area contributed by atoms with Crippen molar-refractivity contribution in [1.82, 2.24) is 19.9 Å². The number of fused-ring (bicyclic) bond motifs is 1. The van der Waals surface area contributed by atoms with Gasteiger partial charge in [-0.15, -0.1) is 12.4 Å². The summed E-state index contributed by atoms with van der Waals surface area (Å²) in [5, 5.41) is 4.75. The van der Waals surface area contributed by atoms with Gasteiger partial charge in [-0.25, -0.2) is 4.98 Å². The van der Waals surface area contributed by atoms with E-state index in [-0.39, 0.29) is 24.4 Å². The summed E-state index contributed by atoms with van der Waals surface area (Å²) in [5.41, 5.74) is 8.70. The molecule has 2 N–H and O–H groups in total. The summed E-state index contributed by atoms with van der Waals surface area (Å²) in [5.74, 6) is 0.461. The maximum absolute atomic E-state index is 13.3. The van der Waals surface area contributed by atoms with Crippen LogP contribution in [-0.4, -0.2) is 65.1 Å². The maximum Gasteiger partial charge on any atom is 0.259 e. The maximum atomic E-state index is 13.3. The molecule has 136 valence electrons. The van der Waals surface area contributed by atoms with Crippen molar-refractivity contribution in [2.24, 2.45) is 5.73 Å². The Bertz CT molecular complexity index is 789. The minimum atomic E-state index is 0. The number of hydrogen-bond donors (Lipinski definition) is 1. The Hall–Kier alpha value is -1.70. The summed E-state index contributed by atoms with van der Waals surface area (Å²) in [6.45, 7) is 4.65. The smallest absolute Gasteiger partial charge is 0.259 e. The number of rotatable bonds is 3. The number of aromatic nitrogens is 2. The first-order chi connectivity index (χ1) is 11.6. The molecule has 4 rings (SSSR count). The third-order valence-electron chi connectivity index (χ3n) is 5.08. The van der Waals surface area contributed by atoms with Crippen molar-refractivity contribution in [3.8, 4) is 0 Å². The van der Waals surface area contributed by atoms with Crippen LogP contribution in [0, 0.1) is 6.92 Å². The highest BCUT2D eigenvalue weighted by molar-refractivity contribution is 6.06. The van der Waals surface area contributed by atoms with E-state index in [0.717, 1.165) is 37.0 Å². The van der Waals surface area contributed by atoms with Crippen LogP contribution >= 0.6 is 12.4 Å². The predicted molar refractivity (Wildman–Crippen MR) is 97.1 cm³/mol. The van der Waals surface area contributed by atoms with Gasteiger partial charge in [0.25, 0.3) is 11.6 Å². The third-order valence-corrected chi connectivity index (χ3v) is 5.08. The van der Waals surface area contributed by atoms with Gasteiger partial charge in [0.15, 0.2) is 0 Å². The van der Waals surface area contributed by atoms with E-state index in [9.17, 15) is 4.79 Å². The van der Waals surface area contributed by atoms with Crippen molar-refractivity contribution in [3.05, 3.63) is 23.0 Å². The van der Waals surface area contributed by atoms with Gasteiger partial charge in [-0.1, -0.05) is 5.16 Å². The van der Waals surface area contributed by atoms with Crippen molar-refractivity contribution < 1.29 is 9.32 Å². The molecule has 3 heterocycles. The first kappa shape index (κ1) is 18.1. The standard InChI is InChI=1S/C17H23N5O2.ClH/c1-10-15-13(7-14(11-3-4-11)19-16(15)24-20-10)17(23)22-6-5-21(2)9-12(22)8-18;/h7,11-12H,3-6,8-9,18H2,1-2H3;1H. The minimum absolute atomic E-state index is 0. The Balaban J connectivity index is 0.00000182. The molecule has 0 spiro atoms. The van der Waals surface area contributed by atoms with E-state index in [2.05, 4.69) is 22.1 Å². The molecule has 0 bridgehead atoms. The first-order valence-electron chi connectivity index (χ1n) is 8.55. The minimum Gasteiger partial charge on any atom is -0.336 e. The van der Waals surface area contributed by atoms with Crippen LogP contribution in [0.3, 0.4) is 0 Å². The lowest BCUT2D eigenvalue weighted by Gasteiger charge is -2.39. The number of piperazine rings is 1. The Morgan fingerprint density at radius 3 is 2.84 bits per heavy atom. The largest absolute Gasteiger partial charge is 0.336 e. The van der Waals surface area contributed by atoms with Gasteiger partial charge in [0.2, 0.25) is 0 Å². The fourth-order valence-corrected chi connectivity index (χ4v) is 3.51. The van der Waals surface area contributed by atoms with Gasteiger partial charge in [-0.3, -0.25) is 4.79 Å². The molecule has 2 aromatic heterocycles. The van der Waals surface area contributed by atoms with Crippen LogP contribution in [0.25, 0.3) is 11.1 Å². The topological polar surface area (TPSA) is 88.5 Å². The second kappa shape index (κ2) is 6.90. The molecule has 1 saturated heterocycles. The van der Waals surface area contributed by atoms with E-state index in [4.69, 9.17) is 10.3 Å². The number of pyridine rings is 1. The molecule has 7 nitrogen and oxygen atoms in total. The lowest BCUT2D eigenvalue weighted by atomic mass is 10.0. The third kappa shape index (κ3) is 3.23. The van der Waals surface area contributed by atoms with Gasteiger partial charge >= 0.3 is 0 Å². The average molecular weight is 366 g/mol. The SMILES string of the molecule is Cc1noc2nc(C3CC3)cc(C(=O)N3CCN(C)CC3CN)c12.Cl. The van der Waals surface area contributed by atoms with Crippen molar-refractivity contribution in [2.75, 3.05) is 33.2 Å². The van der Waals surface area contributed by atoms with E-state index in [0.29, 0.717) is 36.0 Å². The zero-order chi connectivity index (χ0) is 16.8. The predicted octanol–water partition coefficient (Wildman–Crippen LogP) is 1.55. The zero-order valence-corrected chi connectivity index (χ0v) is 15.4. The number of aryl methyl sites for hydroxylation is 1. The van der Waals surface area contributed by atoms with Crippen LogP contribution in [0.2, 0.25) is 0 Å². The van der Waals surface area contributed by atoms with Crippen LogP contribution in [0.15, 0.2) is 10.6 Å². The number of halogens is 1. The zero-order valence-electron chi connectivity index (χ0n) is 14.6. The summed E-state index contributed by atoms with van der Waals surface area (Å²) in [6.07, 6.45) is 2.25. The highest BCUT2D eigenvalue weighted by atomic mass is 35.5. The van der Waals surface area contributed by atoms with Gasteiger partial charge in [0.1, 0.15) is 0 Å². The number of carbonyl (C=O) groups excluding carboxylic acids is 1. The molecule has 8 heteroatoms. The van der Waals surface area contributed by atoms with Gasteiger partial charge in [0, 0.05) is 37.8 Å². The van der Waals surface area contributed by atoms with Crippen molar-refractivity contribution in [1.29, 1.82) is 0 Å². The second-order valence-electron chi connectivity index (χ2n) is 6.97. The first-order valence-corrected chi connectivity index (χ1v) is 8.55. The molecule has 25 heavy (non-hydrogen) atoms.